The van der Waals surface area contributed by atoms with E-state index in [1.165, 1.54) is 0 Å². The van der Waals surface area contributed by atoms with Crippen molar-refractivity contribution in [2.24, 2.45) is 0 Å². The number of aromatic nitrogens is 2. The van der Waals surface area contributed by atoms with Gasteiger partial charge in [0.25, 0.3) is 0 Å². The quantitative estimate of drug-likeness (QED) is 0.798. The first-order valence-corrected chi connectivity index (χ1v) is 6.40. The second kappa shape index (κ2) is 7.31. The van der Waals surface area contributed by atoms with Crippen molar-refractivity contribution in [1.29, 1.82) is 5.26 Å². The van der Waals surface area contributed by atoms with Crippen LogP contribution in [0.25, 0.3) is 0 Å². The highest BCUT2D eigenvalue weighted by Gasteiger charge is 2.13. The molecule has 6 heteroatoms. The number of amides is 1. The normalized spacial score (nSPS) is 9.79. The smallest absolute Gasteiger partial charge is 0.221 e. The highest BCUT2D eigenvalue weighted by molar-refractivity contribution is 5.76. The molecular weight excluding hydrogens is 242 g/mol. The lowest BCUT2D eigenvalue weighted by atomic mass is 10.0. The van der Waals surface area contributed by atoms with Gasteiger partial charge >= 0.3 is 0 Å². The molecule has 2 N–H and O–H groups in total. The zero-order valence-corrected chi connectivity index (χ0v) is 11.6. The number of carbonyl (C=O) groups is 1. The van der Waals surface area contributed by atoms with Crippen LogP contribution in [-0.2, 0) is 17.6 Å². The number of hydrogen-bond donors (Lipinski definition) is 2. The van der Waals surface area contributed by atoms with Gasteiger partial charge in [-0.3, -0.25) is 4.79 Å². The Morgan fingerprint density at radius 3 is 2.58 bits per heavy atom. The molecule has 1 aromatic heterocycles. The molecule has 6 nitrogen and oxygen atoms in total. The second-order valence-electron chi connectivity index (χ2n) is 4.02. The van der Waals surface area contributed by atoms with Crippen molar-refractivity contribution in [3.05, 3.63) is 16.8 Å². The molecule has 0 aliphatic carbocycles. The summed E-state index contributed by atoms with van der Waals surface area (Å²) in [6.07, 6.45) is 1.83. The summed E-state index contributed by atoms with van der Waals surface area (Å²) in [6.45, 7) is 4.41. The highest BCUT2D eigenvalue weighted by Crippen LogP contribution is 2.19. The van der Waals surface area contributed by atoms with Gasteiger partial charge in [0.2, 0.25) is 5.91 Å². The third-order valence-electron chi connectivity index (χ3n) is 2.88. The fourth-order valence-corrected chi connectivity index (χ4v) is 1.84. The van der Waals surface area contributed by atoms with Gasteiger partial charge in [-0.1, -0.05) is 13.8 Å². The van der Waals surface area contributed by atoms with Gasteiger partial charge in [-0.25, -0.2) is 0 Å². The maximum Gasteiger partial charge on any atom is 0.221 e. The van der Waals surface area contributed by atoms with Crippen LogP contribution in [0, 0.1) is 11.3 Å². The number of hydrogen-bond acceptors (Lipinski definition) is 5. The van der Waals surface area contributed by atoms with Crippen molar-refractivity contribution in [3.63, 3.8) is 0 Å². The fraction of sp³-hybridized carbons (Fsp3) is 0.538. The minimum absolute atomic E-state index is 0.0557. The second-order valence-corrected chi connectivity index (χ2v) is 4.02. The van der Waals surface area contributed by atoms with Crippen LogP contribution in [0.15, 0.2) is 0 Å². The van der Waals surface area contributed by atoms with E-state index in [0.717, 1.165) is 24.1 Å². The van der Waals surface area contributed by atoms with Gasteiger partial charge in [-0.05, 0) is 18.4 Å². The van der Waals surface area contributed by atoms with Crippen LogP contribution in [0.4, 0.5) is 5.82 Å². The number of anilines is 1. The molecule has 1 rings (SSSR count). The predicted molar refractivity (Wildman–Crippen MR) is 72.7 cm³/mol. The first-order chi connectivity index (χ1) is 9.17. The van der Waals surface area contributed by atoms with Gasteiger partial charge in [-0.2, -0.15) is 10.4 Å². The molecule has 1 heterocycles. The summed E-state index contributed by atoms with van der Waals surface area (Å²) in [5.41, 5.74) is 2.32. The van der Waals surface area contributed by atoms with Crippen LogP contribution in [0.3, 0.4) is 0 Å². The number of rotatable bonds is 6. The molecule has 0 fully saturated rings. The number of nitrogens with zero attached hydrogens (tertiary/aromatic N) is 3. The van der Waals surface area contributed by atoms with E-state index in [-0.39, 0.29) is 5.91 Å². The lowest BCUT2D eigenvalue weighted by molar-refractivity contribution is -0.120. The van der Waals surface area contributed by atoms with E-state index < -0.39 is 0 Å². The third kappa shape index (κ3) is 3.65. The summed E-state index contributed by atoms with van der Waals surface area (Å²) < 4.78 is 0. The summed E-state index contributed by atoms with van der Waals surface area (Å²) in [4.78, 5) is 11.1. The molecule has 0 unspecified atom stereocenters. The first-order valence-electron chi connectivity index (χ1n) is 6.40. The van der Waals surface area contributed by atoms with Crippen molar-refractivity contribution in [2.45, 2.75) is 33.1 Å². The topological polar surface area (TPSA) is 90.7 Å². The molecule has 102 valence electrons. The SMILES string of the molecule is CCc1nnc(NCCC(=O)NC)c(C#N)c1CC. The molecule has 0 saturated carbocycles. The Bertz CT molecular complexity index is 493. The largest absolute Gasteiger partial charge is 0.367 e. The molecule has 0 bridgehead atoms. The standard InChI is InChI=1S/C13H19N5O/c1-4-9-10(8-14)13(18-17-11(9)5-2)16-7-6-12(19)15-3/h4-7H2,1-3H3,(H,15,19)(H,16,18). The van der Waals surface area contributed by atoms with E-state index in [0.29, 0.717) is 24.3 Å². The Kier molecular flexibility index (Phi) is 5.73. The van der Waals surface area contributed by atoms with Crippen molar-refractivity contribution >= 4 is 11.7 Å². The molecule has 0 saturated heterocycles. The molecule has 1 aromatic rings. The third-order valence-corrected chi connectivity index (χ3v) is 2.88. The molecule has 0 atom stereocenters. The minimum atomic E-state index is -0.0557. The van der Waals surface area contributed by atoms with Crippen LogP contribution in [0.1, 0.15) is 37.1 Å². The Morgan fingerprint density at radius 1 is 1.32 bits per heavy atom. The van der Waals surface area contributed by atoms with Crippen molar-refractivity contribution in [2.75, 3.05) is 18.9 Å². The first kappa shape index (κ1) is 14.9. The Labute approximate surface area is 113 Å². The predicted octanol–water partition coefficient (Wildman–Crippen LogP) is 1.02. The summed E-state index contributed by atoms with van der Waals surface area (Å²) in [5, 5.41) is 23.0. The number of aryl methyl sites for hydroxylation is 1. The van der Waals surface area contributed by atoms with Crippen molar-refractivity contribution in [3.8, 4) is 6.07 Å². The van der Waals surface area contributed by atoms with Gasteiger partial charge in [0, 0.05) is 20.0 Å². The fourth-order valence-electron chi connectivity index (χ4n) is 1.84. The Balaban J connectivity index is 2.90. The molecule has 19 heavy (non-hydrogen) atoms. The lowest BCUT2D eigenvalue weighted by Crippen LogP contribution is -2.21. The summed E-state index contributed by atoms with van der Waals surface area (Å²) >= 11 is 0. The van der Waals surface area contributed by atoms with Gasteiger partial charge in [0.15, 0.2) is 5.82 Å². The zero-order valence-electron chi connectivity index (χ0n) is 11.6. The van der Waals surface area contributed by atoms with Gasteiger partial charge < -0.3 is 10.6 Å². The number of carbonyl (C=O) groups excluding carboxylic acids is 1. The molecule has 0 aliphatic rings. The van der Waals surface area contributed by atoms with Crippen LogP contribution in [0.2, 0.25) is 0 Å². The van der Waals surface area contributed by atoms with Crippen LogP contribution < -0.4 is 10.6 Å². The summed E-state index contributed by atoms with van der Waals surface area (Å²) in [7, 11) is 1.59. The van der Waals surface area contributed by atoms with E-state index in [9.17, 15) is 10.1 Å². The lowest BCUT2D eigenvalue weighted by Gasteiger charge is -2.11. The van der Waals surface area contributed by atoms with Crippen LogP contribution >= 0.6 is 0 Å². The molecular formula is C13H19N5O. The van der Waals surface area contributed by atoms with Crippen molar-refractivity contribution < 1.29 is 4.79 Å². The molecule has 0 radical (unpaired) electrons. The maximum atomic E-state index is 11.1. The maximum absolute atomic E-state index is 11.1. The van der Waals surface area contributed by atoms with E-state index in [1.807, 2.05) is 13.8 Å². The van der Waals surface area contributed by atoms with Crippen LogP contribution in [0.5, 0.6) is 0 Å². The number of nitrogens with one attached hydrogen (secondary N) is 2. The Hall–Kier alpha value is -2.16. The van der Waals surface area contributed by atoms with Gasteiger partial charge in [0.05, 0.1) is 5.69 Å². The monoisotopic (exact) mass is 261 g/mol. The van der Waals surface area contributed by atoms with E-state index in [1.54, 1.807) is 7.05 Å². The molecule has 1 amide bonds. The van der Waals surface area contributed by atoms with Gasteiger partial charge in [0.1, 0.15) is 11.6 Å². The average Bonchev–Trinajstić information content (AvgIpc) is 2.45. The molecule has 0 aliphatic heterocycles. The van der Waals surface area contributed by atoms with Crippen LogP contribution in [-0.4, -0.2) is 29.7 Å². The van der Waals surface area contributed by atoms with Gasteiger partial charge in [-0.15, -0.1) is 5.10 Å². The average molecular weight is 261 g/mol. The van der Waals surface area contributed by atoms with Crippen molar-refractivity contribution in [1.82, 2.24) is 15.5 Å². The molecule has 0 aromatic carbocycles. The summed E-state index contributed by atoms with van der Waals surface area (Å²) in [6, 6.07) is 2.18. The summed E-state index contributed by atoms with van der Waals surface area (Å²) in [5.74, 6) is 0.403. The zero-order chi connectivity index (χ0) is 14.3. The number of nitriles is 1. The van der Waals surface area contributed by atoms with E-state index in [4.69, 9.17) is 0 Å². The molecule has 0 spiro atoms. The minimum Gasteiger partial charge on any atom is -0.367 e. The Morgan fingerprint density at radius 2 is 2.05 bits per heavy atom. The highest BCUT2D eigenvalue weighted by atomic mass is 16.1. The van der Waals surface area contributed by atoms with E-state index >= 15 is 0 Å². The van der Waals surface area contributed by atoms with E-state index in [2.05, 4.69) is 26.9 Å².